The molecule has 0 saturated carbocycles. The summed E-state index contributed by atoms with van der Waals surface area (Å²) < 4.78 is 5.45. The van der Waals surface area contributed by atoms with Crippen LogP contribution in [0.15, 0.2) is 72.8 Å². The molecule has 0 amide bonds. The average Bonchev–Trinajstić information content (AvgIpc) is 2.68. The normalized spacial score (nSPS) is 10.4. The van der Waals surface area contributed by atoms with Crippen molar-refractivity contribution in [3.63, 3.8) is 0 Å². The Bertz CT molecular complexity index is 873. The summed E-state index contributed by atoms with van der Waals surface area (Å²) in [6, 6.07) is 23.0. The van der Waals surface area contributed by atoms with Crippen LogP contribution in [0.1, 0.15) is 11.1 Å². The van der Waals surface area contributed by atoms with Gasteiger partial charge in [0.05, 0.1) is 23.8 Å². The van der Waals surface area contributed by atoms with E-state index in [4.69, 9.17) is 10.5 Å². The lowest BCUT2D eigenvalue weighted by molar-refractivity contribution is -0.384. The van der Waals surface area contributed by atoms with Crippen LogP contribution in [0.3, 0.4) is 0 Å². The van der Waals surface area contributed by atoms with E-state index in [0.29, 0.717) is 24.5 Å². The van der Waals surface area contributed by atoms with Crippen molar-refractivity contribution < 1.29 is 9.66 Å². The topological polar surface area (TPSA) is 81.6 Å². The first-order valence-corrected chi connectivity index (χ1v) is 8.53. The van der Waals surface area contributed by atoms with Gasteiger partial charge in [-0.25, -0.2) is 0 Å². The number of nitrogens with zero attached hydrogens (tertiary/aromatic N) is 2. The molecule has 0 atom stereocenters. The highest BCUT2D eigenvalue weighted by Crippen LogP contribution is 2.38. The van der Waals surface area contributed by atoms with E-state index in [2.05, 4.69) is 4.90 Å². The van der Waals surface area contributed by atoms with Crippen molar-refractivity contribution in [1.29, 1.82) is 0 Å². The van der Waals surface area contributed by atoms with Crippen LogP contribution < -0.4 is 15.4 Å². The van der Waals surface area contributed by atoms with Crippen LogP contribution in [0.4, 0.5) is 17.1 Å². The van der Waals surface area contributed by atoms with Crippen LogP contribution in [0, 0.1) is 10.1 Å². The quantitative estimate of drug-likeness (QED) is 0.382. The van der Waals surface area contributed by atoms with E-state index >= 15 is 0 Å². The van der Waals surface area contributed by atoms with E-state index in [1.807, 2.05) is 60.7 Å². The molecule has 0 spiro atoms. The smallest absolute Gasteiger partial charge is 0.295 e. The molecule has 0 aliphatic heterocycles. The minimum Gasteiger partial charge on any atom is -0.494 e. The van der Waals surface area contributed by atoms with Gasteiger partial charge in [0.2, 0.25) is 0 Å². The number of nitrogens with two attached hydrogens (primary N) is 1. The number of rotatable bonds is 7. The molecule has 3 aromatic rings. The maximum Gasteiger partial charge on any atom is 0.295 e. The molecule has 138 valence electrons. The van der Waals surface area contributed by atoms with Gasteiger partial charge in [0.1, 0.15) is 11.4 Å². The van der Waals surface area contributed by atoms with Gasteiger partial charge in [-0.3, -0.25) is 10.1 Å². The number of hydrogen-bond donors (Lipinski definition) is 1. The minimum atomic E-state index is -0.500. The predicted molar refractivity (Wildman–Crippen MR) is 107 cm³/mol. The van der Waals surface area contributed by atoms with Crippen LogP contribution in [0.5, 0.6) is 5.75 Å². The molecule has 2 N–H and O–H groups in total. The number of anilines is 2. The van der Waals surface area contributed by atoms with Crippen molar-refractivity contribution in [1.82, 2.24) is 0 Å². The van der Waals surface area contributed by atoms with Crippen LogP contribution in [-0.4, -0.2) is 12.0 Å². The molecule has 0 aromatic heterocycles. The molecule has 27 heavy (non-hydrogen) atoms. The van der Waals surface area contributed by atoms with Crippen molar-refractivity contribution >= 4 is 17.1 Å². The van der Waals surface area contributed by atoms with Crippen molar-refractivity contribution in [2.45, 2.75) is 13.1 Å². The highest BCUT2D eigenvalue weighted by atomic mass is 16.6. The Hall–Kier alpha value is -3.54. The third kappa shape index (κ3) is 4.36. The summed E-state index contributed by atoms with van der Waals surface area (Å²) in [6.07, 6.45) is 0. The predicted octanol–water partition coefficient (Wildman–Crippen LogP) is 4.39. The number of methoxy groups -OCH3 is 1. The lowest BCUT2D eigenvalue weighted by atomic mass is 10.1. The van der Waals surface area contributed by atoms with Crippen molar-refractivity contribution in [3.05, 3.63) is 94.0 Å². The second-order valence-electron chi connectivity index (χ2n) is 6.17. The molecule has 6 nitrogen and oxygen atoms in total. The fourth-order valence-corrected chi connectivity index (χ4v) is 2.98. The van der Waals surface area contributed by atoms with E-state index in [0.717, 1.165) is 11.1 Å². The second-order valence-corrected chi connectivity index (χ2v) is 6.17. The van der Waals surface area contributed by atoms with E-state index in [9.17, 15) is 10.1 Å². The molecule has 0 unspecified atom stereocenters. The number of ether oxygens (including phenoxy) is 1. The first-order chi connectivity index (χ1) is 13.1. The van der Waals surface area contributed by atoms with E-state index in [1.54, 1.807) is 6.07 Å². The summed E-state index contributed by atoms with van der Waals surface area (Å²) in [5.41, 5.74) is 8.85. The lowest BCUT2D eigenvalue weighted by Crippen LogP contribution is -2.23. The summed E-state index contributed by atoms with van der Waals surface area (Å²) in [4.78, 5) is 12.8. The molecule has 3 aromatic carbocycles. The fourth-order valence-electron chi connectivity index (χ4n) is 2.98. The maximum absolute atomic E-state index is 11.2. The Morgan fingerprint density at radius 1 is 0.963 bits per heavy atom. The highest BCUT2D eigenvalue weighted by Gasteiger charge is 2.21. The van der Waals surface area contributed by atoms with Crippen molar-refractivity contribution in [2.24, 2.45) is 0 Å². The van der Waals surface area contributed by atoms with Crippen molar-refractivity contribution in [3.8, 4) is 5.75 Å². The molecule has 0 aliphatic rings. The third-order valence-corrected chi connectivity index (χ3v) is 4.30. The average molecular weight is 363 g/mol. The zero-order chi connectivity index (χ0) is 19.2. The molecule has 0 saturated heterocycles. The maximum atomic E-state index is 11.2. The van der Waals surface area contributed by atoms with Gasteiger partial charge < -0.3 is 15.4 Å². The Morgan fingerprint density at radius 3 is 1.93 bits per heavy atom. The van der Waals surface area contributed by atoms with Crippen LogP contribution in [0.2, 0.25) is 0 Å². The first kappa shape index (κ1) is 18.3. The largest absolute Gasteiger partial charge is 0.494 e. The van der Waals surface area contributed by atoms with Gasteiger partial charge in [-0.2, -0.15) is 0 Å². The summed E-state index contributed by atoms with van der Waals surface area (Å²) in [6.45, 7) is 1.23. The fraction of sp³-hybridized carbons (Fsp3) is 0.143. The number of benzene rings is 3. The van der Waals surface area contributed by atoms with E-state index in [1.165, 1.54) is 13.2 Å². The summed E-state index contributed by atoms with van der Waals surface area (Å²) in [5.74, 6) is 0.419. The first-order valence-electron chi connectivity index (χ1n) is 8.53. The zero-order valence-electron chi connectivity index (χ0n) is 15.0. The molecule has 0 radical (unpaired) electrons. The van der Waals surface area contributed by atoms with Gasteiger partial charge in [-0.05, 0) is 17.2 Å². The van der Waals surface area contributed by atoms with Crippen LogP contribution >= 0.6 is 0 Å². The van der Waals surface area contributed by atoms with Gasteiger partial charge >= 0.3 is 0 Å². The van der Waals surface area contributed by atoms with Gasteiger partial charge in [0.15, 0.2) is 0 Å². The van der Waals surface area contributed by atoms with Gasteiger partial charge in [-0.1, -0.05) is 60.7 Å². The zero-order valence-corrected chi connectivity index (χ0v) is 15.0. The second kappa shape index (κ2) is 8.23. The Kier molecular flexibility index (Phi) is 5.56. The monoisotopic (exact) mass is 363 g/mol. The molecular formula is C21H21N3O3. The summed E-state index contributed by atoms with van der Waals surface area (Å²) in [7, 11) is 1.50. The molecular weight excluding hydrogens is 342 g/mol. The third-order valence-electron chi connectivity index (χ3n) is 4.30. The standard InChI is InChI=1S/C21H21N3O3/c1-27-21-13-19(24(25)26)18(22)12-20(21)23(14-16-8-4-2-5-9-16)15-17-10-6-3-7-11-17/h2-13H,14-15,22H2,1H3. The molecule has 6 heteroatoms. The Balaban J connectivity index is 2.03. The molecule has 0 aliphatic carbocycles. The van der Waals surface area contributed by atoms with Gasteiger partial charge in [-0.15, -0.1) is 0 Å². The lowest BCUT2D eigenvalue weighted by Gasteiger charge is -2.27. The molecule has 0 heterocycles. The summed E-state index contributed by atoms with van der Waals surface area (Å²) in [5, 5.41) is 11.2. The molecule has 0 fully saturated rings. The minimum absolute atomic E-state index is 0.113. The van der Waals surface area contributed by atoms with E-state index in [-0.39, 0.29) is 11.4 Å². The Morgan fingerprint density at radius 2 is 1.48 bits per heavy atom. The SMILES string of the molecule is COc1cc([N+](=O)[O-])c(N)cc1N(Cc1ccccc1)Cc1ccccc1. The number of nitro benzene ring substituents is 1. The Labute approximate surface area is 158 Å². The molecule has 3 rings (SSSR count). The van der Waals surface area contributed by atoms with Crippen molar-refractivity contribution in [2.75, 3.05) is 17.7 Å². The molecule has 0 bridgehead atoms. The van der Waals surface area contributed by atoms with Crippen LogP contribution in [0.25, 0.3) is 0 Å². The number of hydrogen-bond acceptors (Lipinski definition) is 5. The summed E-state index contributed by atoms with van der Waals surface area (Å²) >= 11 is 0. The van der Waals surface area contributed by atoms with Gasteiger partial charge in [0.25, 0.3) is 5.69 Å². The van der Waals surface area contributed by atoms with Gasteiger partial charge in [0, 0.05) is 13.1 Å². The number of nitro groups is 1. The van der Waals surface area contributed by atoms with Crippen LogP contribution in [-0.2, 0) is 13.1 Å². The van der Waals surface area contributed by atoms with E-state index < -0.39 is 4.92 Å². The highest BCUT2D eigenvalue weighted by molar-refractivity contribution is 5.73. The number of nitrogen functional groups attached to an aromatic ring is 1.